The van der Waals surface area contributed by atoms with Gasteiger partial charge in [0.2, 0.25) is 0 Å². The predicted octanol–water partition coefficient (Wildman–Crippen LogP) is 0.278. The standard InChI is InChI=1S/C12H14F3N3O5/c1-2-3-6-9(21)8(10(22)16-4-7(19)20)11(23)18(17-6)5-12(13,14)15/h21H,2-5H2,1H3,(H,16,22)(H,19,20). The van der Waals surface area contributed by atoms with Gasteiger partial charge < -0.3 is 15.5 Å². The SMILES string of the molecule is CCCc1nn(CC(F)(F)F)c(=O)c(C(=O)NCC(=O)O)c1O. The maximum Gasteiger partial charge on any atom is 0.408 e. The minimum Gasteiger partial charge on any atom is -0.505 e. The maximum absolute atomic E-state index is 12.5. The number of amides is 1. The van der Waals surface area contributed by atoms with E-state index < -0.39 is 48.0 Å². The molecule has 128 valence electrons. The van der Waals surface area contributed by atoms with E-state index in [0.717, 1.165) is 0 Å². The number of hydrogen-bond acceptors (Lipinski definition) is 5. The molecule has 1 rings (SSSR count). The molecule has 0 aliphatic carbocycles. The quantitative estimate of drug-likeness (QED) is 0.685. The smallest absolute Gasteiger partial charge is 0.408 e. The minimum atomic E-state index is -4.76. The highest BCUT2D eigenvalue weighted by Crippen LogP contribution is 2.21. The number of nitrogens with one attached hydrogen (secondary N) is 1. The van der Waals surface area contributed by atoms with Crippen molar-refractivity contribution in [2.24, 2.45) is 0 Å². The first-order valence-corrected chi connectivity index (χ1v) is 6.46. The van der Waals surface area contributed by atoms with Gasteiger partial charge in [-0.25, -0.2) is 4.68 Å². The molecular formula is C12H14F3N3O5. The van der Waals surface area contributed by atoms with Crippen LogP contribution in [-0.4, -0.2) is 44.6 Å². The number of aromatic hydroxyl groups is 1. The van der Waals surface area contributed by atoms with Crippen molar-refractivity contribution in [1.82, 2.24) is 15.1 Å². The Morgan fingerprint density at radius 3 is 2.43 bits per heavy atom. The van der Waals surface area contributed by atoms with E-state index >= 15 is 0 Å². The molecule has 11 heteroatoms. The van der Waals surface area contributed by atoms with Crippen LogP contribution in [0.25, 0.3) is 0 Å². The van der Waals surface area contributed by atoms with Crippen molar-refractivity contribution in [3.63, 3.8) is 0 Å². The topological polar surface area (TPSA) is 122 Å². The number of hydrogen-bond donors (Lipinski definition) is 3. The Morgan fingerprint density at radius 2 is 1.96 bits per heavy atom. The molecule has 1 amide bonds. The number of nitrogens with zero attached hydrogens (tertiary/aromatic N) is 2. The first-order chi connectivity index (χ1) is 10.6. The molecule has 0 saturated heterocycles. The van der Waals surface area contributed by atoms with E-state index in [4.69, 9.17) is 5.11 Å². The number of aryl methyl sites for hydroxylation is 1. The number of carboxylic acid groups (broad SMARTS) is 1. The molecule has 23 heavy (non-hydrogen) atoms. The van der Waals surface area contributed by atoms with Gasteiger partial charge in [0.25, 0.3) is 11.5 Å². The number of rotatable bonds is 6. The third-order valence-electron chi connectivity index (χ3n) is 2.64. The van der Waals surface area contributed by atoms with E-state index in [-0.39, 0.29) is 16.8 Å². The summed E-state index contributed by atoms with van der Waals surface area (Å²) in [5.74, 6) is -3.56. The molecule has 0 saturated carbocycles. The monoisotopic (exact) mass is 337 g/mol. The van der Waals surface area contributed by atoms with Crippen molar-refractivity contribution in [3.8, 4) is 5.75 Å². The second-order valence-electron chi connectivity index (χ2n) is 4.57. The fourth-order valence-electron chi connectivity index (χ4n) is 1.74. The molecule has 3 N–H and O–H groups in total. The van der Waals surface area contributed by atoms with Gasteiger partial charge in [0.15, 0.2) is 5.75 Å². The van der Waals surface area contributed by atoms with Gasteiger partial charge in [-0.1, -0.05) is 13.3 Å². The number of aliphatic carboxylic acids is 1. The third kappa shape index (κ3) is 4.97. The normalized spacial score (nSPS) is 11.3. The van der Waals surface area contributed by atoms with Crippen LogP contribution < -0.4 is 10.9 Å². The second-order valence-corrected chi connectivity index (χ2v) is 4.57. The average molecular weight is 337 g/mol. The molecule has 0 atom stereocenters. The van der Waals surface area contributed by atoms with Crippen LogP contribution in [0.3, 0.4) is 0 Å². The highest BCUT2D eigenvalue weighted by molar-refractivity contribution is 5.98. The predicted molar refractivity (Wildman–Crippen MR) is 70.2 cm³/mol. The van der Waals surface area contributed by atoms with Crippen LogP contribution in [-0.2, 0) is 17.8 Å². The number of alkyl halides is 3. The number of carbonyl (C=O) groups excluding carboxylic acids is 1. The van der Waals surface area contributed by atoms with Crippen LogP contribution in [0.15, 0.2) is 4.79 Å². The van der Waals surface area contributed by atoms with Crippen molar-refractivity contribution in [2.45, 2.75) is 32.5 Å². The number of halogens is 3. The van der Waals surface area contributed by atoms with Crippen molar-refractivity contribution in [1.29, 1.82) is 0 Å². The van der Waals surface area contributed by atoms with Crippen LogP contribution in [0.2, 0.25) is 0 Å². The molecule has 0 radical (unpaired) electrons. The number of carbonyl (C=O) groups is 2. The zero-order valence-electron chi connectivity index (χ0n) is 12.0. The van der Waals surface area contributed by atoms with Crippen molar-refractivity contribution >= 4 is 11.9 Å². The van der Waals surface area contributed by atoms with E-state index in [2.05, 4.69) is 5.10 Å². The lowest BCUT2D eigenvalue weighted by molar-refractivity contribution is -0.143. The minimum absolute atomic E-state index is 0.0282. The summed E-state index contributed by atoms with van der Waals surface area (Å²) in [4.78, 5) is 34.2. The lowest BCUT2D eigenvalue weighted by atomic mass is 10.1. The summed E-state index contributed by atoms with van der Waals surface area (Å²) in [6, 6.07) is 0. The Morgan fingerprint density at radius 1 is 1.35 bits per heavy atom. The summed E-state index contributed by atoms with van der Waals surface area (Å²) in [6.45, 7) is -0.936. The van der Waals surface area contributed by atoms with E-state index in [1.807, 2.05) is 5.32 Å². The fourth-order valence-corrected chi connectivity index (χ4v) is 1.74. The molecule has 0 bridgehead atoms. The summed E-state index contributed by atoms with van der Waals surface area (Å²) in [5, 5.41) is 23.6. The molecule has 0 aromatic carbocycles. The zero-order chi connectivity index (χ0) is 17.8. The first kappa shape index (κ1) is 18.5. The van der Waals surface area contributed by atoms with Crippen molar-refractivity contribution in [2.75, 3.05) is 6.54 Å². The van der Waals surface area contributed by atoms with Gasteiger partial charge in [-0.3, -0.25) is 14.4 Å². The molecule has 8 nitrogen and oxygen atoms in total. The Hall–Kier alpha value is -2.59. The Bertz CT molecular complexity index is 669. The van der Waals surface area contributed by atoms with Crippen LogP contribution in [0, 0.1) is 0 Å². The first-order valence-electron chi connectivity index (χ1n) is 6.46. The lowest BCUT2D eigenvalue weighted by Gasteiger charge is -2.14. The van der Waals surface area contributed by atoms with Crippen LogP contribution >= 0.6 is 0 Å². The third-order valence-corrected chi connectivity index (χ3v) is 2.64. The van der Waals surface area contributed by atoms with Gasteiger partial charge in [0, 0.05) is 0 Å². The van der Waals surface area contributed by atoms with Gasteiger partial charge in [-0.05, 0) is 6.42 Å². The highest BCUT2D eigenvalue weighted by Gasteiger charge is 2.32. The zero-order valence-corrected chi connectivity index (χ0v) is 12.0. The largest absolute Gasteiger partial charge is 0.505 e. The van der Waals surface area contributed by atoms with Gasteiger partial charge in [-0.15, -0.1) is 0 Å². The lowest BCUT2D eigenvalue weighted by Crippen LogP contribution is -2.39. The van der Waals surface area contributed by atoms with Crippen LogP contribution in [0.4, 0.5) is 13.2 Å². The molecule has 0 aliphatic heterocycles. The van der Waals surface area contributed by atoms with E-state index in [1.54, 1.807) is 6.92 Å². The van der Waals surface area contributed by atoms with Gasteiger partial charge in [0.05, 0.1) is 0 Å². The van der Waals surface area contributed by atoms with Gasteiger partial charge >= 0.3 is 12.1 Å². The summed E-state index contributed by atoms with van der Waals surface area (Å²) < 4.78 is 37.5. The van der Waals surface area contributed by atoms with E-state index in [1.165, 1.54) is 0 Å². The molecular weight excluding hydrogens is 323 g/mol. The summed E-state index contributed by atoms with van der Waals surface area (Å²) in [5.41, 5.74) is -2.67. The molecule has 1 aromatic rings. The molecule has 0 aliphatic rings. The van der Waals surface area contributed by atoms with E-state index in [0.29, 0.717) is 6.42 Å². The molecule has 1 aromatic heterocycles. The summed E-state index contributed by atoms with van der Waals surface area (Å²) in [7, 11) is 0. The Kier molecular flexibility index (Phi) is 5.71. The Balaban J connectivity index is 3.38. The van der Waals surface area contributed by atoms with Crippen LogP contribution in [0.1, 0.15) is 29.4 Å². The van der Waals surface area contributed by atoms with Crippen LogP contribution in [0.5, 0.6) is 5.75 Å². The van der Waals surface area contributed by atoms with Gasteiger partial charge in [-0.2, -0.15) is 18.3 Å². The molecule has 0 unspecified atom stereocenters. The average Bonchev–Trinajstić information content (AvgIpc) is 2.40. The van der Waals surface area contributed by atoms with Crippen molar-refractivity contribution in [3.05, 3.63) is 21.6 Å². The number of carboxylic acids is 1. The molecule has 0 spiro atoms. The molecule has 0 fully saturated rings. The highest BCUT2D eigenvalue weighted by atomic mass is 19.4. The van der Waals surface area contributed by atoms with E-state index in [9.17, 15) is 32.7 Å². The van der Waals surface area contributed by atoms with Crippen molar-refractivity contribution < 1.29 is 33.0 Å². The Labute approximate surface area is 127 Å². The van der Waals surface area contributed by atoms with Gasteiger partial charge in [0.1, 0.15) is 24.3 Å². The maximum atomic E-state index is 12.5. The fraction of sp³-hybridized carbons (Fsp3) is 0.500. The number of aromatic nitrogens is 2. The summed E-state index contributed by atoms with van der Waals surface area (Å²) in [6.07, 6.45) is -4.34. The summed E-state index contributed by atoms with van der Waals surface area (Å²) >= 11 is 0. The molecule has 1 heterocycles. The second kappa shape index (κ2) is 7.11.